The van der Waals surface area contributed by atoms with E-state index in [-0.39, 0.29) is 24.5 Å². The first-order chi connectivity index (χ1) is 12.2. The van der Waals surface area contributed by atoms with Gasteiger partial charge in [-0.2, -0.15) is 13.2 Å². The fourth-order valence-corrected chi connectivity index (χ4v) is 3.32. The van der Waals surface area contributed by atoms with Gasteiger partial charge in [0.15, 0.2) is 0 Å². The maximum absolute atomic E-state index is 13.3. The zero-order chi connectivity index (χ0) is 19.3. The average molecular weight is 413 g/mol. The molecule has 1 unspecified atom stereocenters. The van der Waals surface area contributed by atoms with E-state index in [1.54, 1.807) is 0 Å². The molecule has 1 aromatic rings. The summed E-state index contributed by atoms with van der Waals surface area (Å²) in [6, 6.07) is 1.77. The van der Waals surface area contributed by atoms with E-state index in [1.165, 1.54) is 6.42 Å². The van der Waals surface area contributed by atoms with Gasteiger partial charge in [-0.3, -0.25) is 4.79 Å². The Balaban J connectivity index is 0.00000364. The van der Waals surface area contributed by atoms with Crippen LogP contribution >= 0.6 is 12.4 Å². The summed E-state index contributed by atoms with van der Waals surface area (Å²) >= 11 is 0. The van der Waals surface area contributed by atoms with Crippen molar-refractivity contribution in [2.75, 3.05) is 0 Å². The zero-order valence-corrected chi connectivity index (χ0v) is 15.6. The zero-order valence-electron chi connectivity index (χ0n) is 14.8. The van der Waals surface area contributed by atoms with Gasteiger partial charge in [0.25, 0.3) is 5.91 Å². The van der Waals surface area contributed by atoms with Gasteiger partial charge in [-0.05, 0) is 30.0 Å². The van der Waals surface area contributed by atoms with Crippen LogP contribution < -0.4 is 11.1 Å². The van der Waals surface area contributed by atoms with Crippen molar-refractivity contribution < 1.29 is 27.5 Å². The van der Waals surface area contributed by atoms with Crippen molar-refractivity contribution in [1.29, 1.82) is 0 Å². The molecule has 1 amide bonds. The molecule has 0 bridgehead atoms. The molecule has 1 saturated carbocycles. The molecule has 0 aliphatic heterocycles. The van der Waals surface area contributed by atoms with Crippen LogP contribution in [0.4, 0.5) is 17.6 Å². The van der Waals surface area contributed by atoms with Gasteiger partial charge in [-0.25, -0.2) is 4.39 Å². The lowest BCUT2D eigenvalue weighted by molar-refractivity contribution is -0.140. The van der Waals surface area contributed by atoms with Crippen LogP contribution in [-0.4, -0.2) is 23.2 Å². The molecule has 1 aliphatic carbocycles. The van der Waals surface area contributed by atoms with E-state index >= 15 is 0 Å². The Morgan fingerprint density at radius 1 is 1.26 bits per heavy atom. The second-order valence-corrected chi connectivity index (χ2v) is 6.88. The maximum Gasteiger partial charge on any atom is 0.419 e. The van der Waals surface area contributed by atoms with E-state index in [0.717, 1.165) is 31.7 Å². The molecule has 0 spiro atoms. The number of aliphatic hydroxyl groups excluding tert-OH is 1. The maximum atomic E-state index is 13.3. The number of alkyl halides is 3. The Labute approximate surface area is 161 Å². The highest BCUT2D eigenvalue weighted by Gasteiger charge is 2.34. The number of amides is 1. The van der Waals surface area contributed by atoms with Crippen LogP contribution in [0.25, 0.3) is 0 Å². The predicted octanol–water partition coefficient (Wildman–Crippen LogP) is 3.54. The second-order valence-electron chi connectivity index (χ2n) is 6.88. The van der Waals surface area contributed by atoms with Crippen LogP contribution in [0.2, 0.25) is 0 Å². The van der Waals surface area contributed by atoms with Crippen molar-refractivity contribution in [2.45, 2.75) is 63.4 Å². The lowest BCUT2D eigenvalue weighted by Gasteiger charge is -2.26. The molecular weight excluding hydrogens is 388 g/mol. The van der Waals surface area contributed by atoms with Crippen LogP contribution in [0, 0.1) is 11.7 Å². The summed E-state index contributed by atoms with van der Waals surface area (Å²) in [4.78, 5) is 12.0. The molecule has 0 radical (unpaired) electrons. The fraction of sp³-hybridized carbons (Fsp3) is 0.611. The summed E-state index contributed by atoms with van der Waals surface area (Å²) in [7, 11) is 0. The number of benzene rings is 1. The van der Waals surface area contributed by atoms with Crippen molar-refractivity contribution in [3.63, 3.8) is 0 Å². The van der Waals surface area contributed by atoms with Gasteiger partial charge in [0, 0.05) is 12.6 Å². The summed E-state index contributed by atoms with van der Waals surface area (Å²) in [6.07, 6.45) is -0.242. The van der Waals surface area contributed by atoms with E-state index < -0.39 is 35.6 Å². The third-order valence-electron chi connectivity index (χ3n) is 4.81. The Morgan fingerprint density at radius 3 is 2.48 bits per heavy atom. The normalized spacial score (nSPS) is 17.7. The molecule has 2 rings (SSSR count). The number of aliphatic hydroxyl groups is 1. The van der Waals surface area contributed by atoms with E-state index in [4.69, 9.17) is 5.73 Å². The predicted molar refractivity (Wildman–Crippen MR) is 95.7 cm³/mol. The number of hydrogen-bond donors (Lipinski definition) is 3. The van der Waals surface area contributed by atoms with Crippen LogP contribution in [0.5, 0.6) is 0 Å². The minimum absolute atomic E-state index is 0. The molecule has 9 heteroatoms. The van der Waals surface area contributed by atoms with Gasteiger partial charge in [0.1, 0.15) is 11.9 Å². The van der Waals surface area contributed by atoms with Crippen LogP contribution in [0.15, 0.2) is 18.2 Å². The van der Waals surface area contributed by atoms with Gasteiger partial charge < -0.3 is 16.2 Å². The molecule has 0 saturated heterocycles. The van der Waals surface area contributed by atoms with Gasteiger partial charge in [-0.1, -0.05) is 38.2 Å². The Bertz CT molecular complexity index is 622. The first-order valence-electron chi connectivity index (χ1n) is 8.75. The molecule has 1 aromatic carbocycles. The average Bonchev–Trinajstić information content (AvgIpc) is 2.59. The third kappa shape index (κ3) is 6.93. The van der Waals surface area contributed by atoms with Crippen molar-refractivity contribution in [3.05, 3.63) is 35.1 Å². The van der Waals surface area contributed by atoms with Crippen molar-refractivity contribution in [2.24, 2.45) is 11.7 Å². The summed E-state index contributed by atoms with van der Waals surface area (Å²) in [6.45, 7) is -0.255. The highest BCUT2D eigenvalue weighted by atomic mass is 35.5. The monoisotopic (exact) mass is 412 g/mol. The van der Waals surface area contributed by atoms with Crippen LogP contribution in [0.1, 0.15) is 49.7 Å². The number of carbonyl (C=O) groups is 1. The van der Waals surface area contributed by atoms with Gasteiger partial charge in [0.2, 0.25) is 0 Å². The van der Waals surface area contributed by atoms with E-state index in [1.807, 2.05) is 0 Å². The molecule has 4 nitrogen and oxygen atoms in total. The molecular formula is C18H25ClF4N2O2. The number of nitrogens with two attached hydrogens (primary N) is 1. The first kappa shape index (κ1) is 23.7. The van der Waals surface area contributed by atoms with Gasteiger partial charge in [-0.15, -0.1) is 12.4 Å². The first-order valence-corrected chi connectivity index (χ1v) is 8.75. The van der Waals surface area contributed by atoms with Crippen molar-refractivity contribution in [1.82, 2.24) is 5.32 Å². The van der Waals surface area contributed by atoms with E-state index in [2.05, 4.69) is 5.32 Å². The third-order valence-corrected chi connectivity index (χ3v) is 4.81. The SMILES string of the molecule is Cl.N[C@H](CC1CCCCC1)C(O)C(=O)NCc1ccc(F)c(C(F)(F)F)c1. The topological polar surface area (TPSA) is 75.3 Å². The van der Waals surface area contributed by atoms with Crippen LogP contribution in [0.3, 0.4) is 0 Å². The van der Waals surface area contributed by atoms with E-state index in [0.29, 0.717) is 24.5 Å². The quantitative estimate of drug-likeness (QED) is 0.625. The summed E-state index contributed by atoms with van der Waals surface area (Å²) in [5.41, 5.74) is 4.60. The number of carbonyl (C=O) groups excluding carboxylic acids is 1. The number of rotatable bonds is 6. The molecule has 2 atom stereocenters. The Kier molecular flexibility index (Phi) is 8.98. The van der Waals surface area contributed by atoms with Crippen molar-refractivity contribution in [3.8, 4) is 0 Å². The summed E-state index contributed by atoms with van der Waals surface area (Å²) in [5.74, 6) is -1.74. The summed E-state index contributed by atoms with van der Waals surface area (Å²) in [5, 5.41) is 12.4. The lowest BCUT2D eigenvalue weighted by atomic mass is 9.84. The largest absolute Gasteiger partial charge is 0.419 e. The fourth-order valence-electron chi connectivity index (χ4n) is 3.32. The molecule has 4 N–H and O–H groups in total. The standard InChI is InChI=1S/C18H24F4N2O2.ClH/c19-14-7-6-12(8-13(14)18(20,21)22)10-24-17(26)16(25)15(23)9-11-4-2-1-3-5-11;/h6-8,11,15-16,25H,1-5,9-10,23H2,(H,24,26);1H/t15-,16?;/m1./s1. The highest BCUT2D eigenvalue weighted by Crippen LogP contribution is 2.32. The van der Waals surface area contributed by atoms with Gasteiger partial charge in [0.05, 0.1) is 5.56 Å². The number of halogens is 5. The molecule has 27 heavy (non-hydrogen) atoms. The summed E-state index contributed by atoms with van der Waals surface area (Å²) < 4.78 is 51.4. The van der Waals surface area contributed by atoms with Crippen LogP contribution in [-0.2, 0) is 17.5 Å². The Morgan fingerprint density at radius 2 is 1.89 bits per heavy atom. The lowest BCUT2D eigenvalue weighted by Crippen LogP contribution is -2.47. The smallest absolute Gasteiger partial charge is 0.382 e. The molecule has 154 valence electrons. The molecule has 1 fully saturated rings. The minimum Gasteiger partial charge on any atom is -0.382 e. The number of nitrogens with one attached hydrogen (secondary N) is 1. The molecule has 0 heterocycles. The second kappa shape index (κ2) is 10.2. The van der Waals surface area contributed by atoms with Gasteiger partial charge >= 0.3 is 6.18 Å². The minimum atomic E-state index is -4.81. The van der Waals surface area contributed by atoms with Crippen molar-refractivity contribution >= 4 is 18.3 Å². The highest BCUT2D eigenvalue weighted by molar-refractivity contribution is 5.85. The number of hydrogen-bond acceptors (Lipinski definition) is 3. The molecule has 0 aromatic heterocycles. The molecule has 1 aliphatic rings. The Hall–Kier alpha value is -1.38. The van der Waals surface area contributed by atoms with E-state index in [9.17, 15) is 27.5 Å².